The van der Waals surface area contributed by atoms with Gasteiger partial charge in [-0.2, -0.15) is 0 Å². The van der Waals surface area contributed by atoms with E-state index in [1.54, 1.807) is 0 Å². The van der Waals surface area contributed by atoms with Crippen LogP contribution in [0.15, 0.2) is 218 Å². The molecule has 0 spiro atoms. The molecular formula is C59H42N2. The van der Waals surface area contributed by atoms with E-state index in [1.807, 2.05) is 0 Å². The summed E-state index contributed by atoms with van der Waals surface area (Å²) in [6.45, 7) is 4.76. The lowest BCUT2D eigenvalue weighted by Crippen LogP contribution is -2.15. The first kappa shape index (κ1) is 35.3. The predicted octanol–water partition coefficient (Wildman–Crippen LogP) is 16.2. The summed E-state index contributed by atoms with van der Waals surface area (Å²) in [6, 6.07) is 80.4. The quantitative estimate of drug-likeness (QED) is 0.163. The molecule has 1 aliphatic rings. The van der Waals surface area contributed by atoms with Gasteiger partial charge in [-0.25, -0.2) is 0 Å². The zero-order valence-corrected chi connectivity index (χ0v) is 34.2. The summed E-state index contributed by atoms with van der Waals surface area (Å²) in [5.74, 6) is 0. The summed E-state index contributed by atoms with van der Waals surface area (Å²) in [7, 11) is 0. The molecule has 0 unspecified atom stereocenters. The number of anilines is 3. The van der Waals surface area contributed by atoms with Crippen molar-refractivity contribution in [3.8, 4) is 39.1 Å². The van der Waals surface area contributed by atoms with E-state index in [2.05, 4.69) is 242 Å². The molecule has 2 heteroatoms. The molecule has 0 bridgehead atoms. The molecule has 11 aromatic rings. The molecule has 0 N–H and O–H groups in total. The van der Waals surface area contributed by atoms with Crippen molar-refractivity contribution in [1.82, 2.24) is 4.57 Å². The van der Waals surface area contributed by atoms with Crippen LogP contribution in [-0.4, -0.2) is 4.57 Å². The largest absolute Gasteiger partial charge is 0.310 e. The lowest BCUT2D eigenvalue weighted by molar-refractivity contribution is 0.661. The number of fused-ring (bicyclic) bond motifs is 9. The highest BCUT2D eigenvalue weighted by atomic mass is 15.1. The highest BCUT2D eigenvalue weighted by Crippen LogP contribution is 2.53. The van der Waals surface area contributed by atoms with Crippen molar-refractivity contribution in [2.45, 2.75) is 19.3 Å². The van der Waals surface area contributed by atoms with Gasteiger partial charge in [0.2, 0.25) is 0 Å². The summed E-state index contributed by atoms with van der Waals surface area (Å²) < 4.78 is 2.53. The Balaban J connectivity index is 1.16. The molecular weight excluding hydrogens is 737 g/mol. The maximum Gasteiger partial charge on any atom is 0.0568 e. The minimum atomic E-state index is -0.132. The lowest BCUT2D eigenvalue weighted by atomic mass is 9.82. The molecule has 0 atom stereocenters. The van der Waals surface area contributed by atoms with E-state index in [1.165, 1.54) is 87.9 Å². The van der Waals surface area contributed by atoms with Crippen LogP contribution in [0.4, 0.5) is 17.1 Å². The third kappa shape index (κ3) is 5.56. The zero-order valence-electron chi connectivity index (χ0n) is 34.2. The van der Waals surface area contributed by atoms with E-state index in [0.29, 0.717) is 0 Å². The first-order valence-corrected chi connectivity index (χ1v) is 21.3. The Hall–Kier alpha value is -7.68. The lowest BCUT2D eigenvalue weighted by Gasteiger charge is -2.28. The maximum absolute atomic E-state index is 2.53. The molecule has 1 heterocycles. The zero-order chi connectivity index (χ0) is 40.7. The molecule has 1 aliphatic carbocycles. The van der Waals surface area contributed by atoms with E-state index in [0.717, 1.165) is 22.7 Å². The number of rotatable bonds is 6. The second-order valence-electron chi connectivity index (χ2n) is 16.9. The second-order valence-corrected chi connectivity index (χ2v) is 16.9. The summed E-state index contributed by atoms with van der Waals surface area (Å²) in [5.41, 5.74) is 17.0. The van der Waals surface area contributed by atoms with Gasteiger partial charge < -0.3 is 9.47 Å². The van der Waals surface area contributed by atoms with Crippen molar-refractivity contribution in [2.24, 2.45) is 0 Å². The number of benzene rings is 10. The van der Waals surface area contributed by atoms with Crippen LogP contribution in [-0.2, 0) is 5.41 Å². The van der Waals surface area contributed by atoms with Crippen molar-refractivity contribution < 1.29 is 0 Å². The Labute approximate surface area is 356 Å². The van der Waals surface area contributed by atoms with Crippen LogP contribution in [0.25, 0.3) is 82.4 Å². The van der Waals surface area contributed by atoms with Gasteiger partial charge in [-0.1, -0.05) is 178 Å². The Morgan fingerprint density at radius 2 is 0.934 bits per heavy atom. The Bertz CT molecular complexity index is 3380. The normalized spacial score (nSPS) is 12.9. The molecule has 0 fully saturated rings. The van der Waals surface area contributed by atoms with E-state index in [-0.39, 0.29) is 5.41 Å². The molecule has 0 saturated carbocycles. The summed E-state index contributed by atoms with van der Waals surface area (Å²) in [4.78, 5) is 2.45. The van der Waals surface area contributed by atoms with Crippen molar-refractivity contribution in [2.75, 3.05) is 4.90 Å². The van der Waals surface area contributed by atoms with Gasteiger partial charge in [0, 0.05) is 38.6 Å². The van der Waals surface area contributed by atoms with Crippen LogP contribution in [0.5, 0.6) is 0 Å². The third-order valence-electron chi connectivity index (χ3n) is 13.2. The van der Waals surface area contributed by atoms with E-state index < -0.39 is 0 Å². The minimum absolute atomic E-state index is 0.132. The van der Waals surface area contributed by atoms with Gasteiger partial charge in [0.25, 0.3) is 0 Å². The van der Waals surface area contributed by atoms with Crippen LogP contribution in [0.3, 0.4) is 0 Å². The molecule has 288 valence electrons. The summed E-state index contributed by atoms with van der Waals surface area (Å²) >= 11 is 0. The summed E-state index contributed by atoms with van der Waals surface area (Å²) in [6.07, 6.45) is 0. The molecule has 12 rings (SSSR count). The number of aromatic nitrogens is 1. The highest BCUT2D eigenvalue weighted by molar-refractivity contribution is 6.25. The number of hydrogen-bond acceptors (Lipinski definition) is 1. The van der Waals surface area contributed by atoms with Gasteiger partial charge >= 0.3 is 0 Å². The molecule has 61 heavy (non-hydrogen) atoms. The average molecular weight is 779 g/mol. The molecule has 10 aromatic carbocycles. The predicted molar refractivity (Wildman–Crippen MR) is 259 cm³/mol. The Morgan fingerprint density at radius 3 is 1.61 bits per heavy atom. The molecule has 1 aromatic heterocycles. The third-order valence-corrected chi connectivity index (χ3v) is 13.2. The van der Waals surface area contributed by atoms with Gasteiger partial charge in [-0.3, -0.25) is 0 Å². The van der Waals surface area contributed by atoms with Crippen LogP contribution in [0, 0.1) is 0 Å². The van der Waals surface area contributed by atoms with Crippen molar-refractivity contribution in [1.29, 1.82) is 0 Å². The fraction of sp³-hybridized carbons (Fsp3) is 0.0508. The van der Waals surface area contributed by atoms with Gasteiger partial charge in [0.05, 0.1) is 16.7 Å². The standard InChI is InChI=1S/C59H42N2/c1-59(2)53-24-14-13-21-48(53)51-36-52-55(37-54(51)59)61(47-34-29-41-19-9-10-20-44(41)35-47)57-38-56(49-22-11-12-23-50(49)58(52)57)60(45-30-25-42(26-31-45)39-15-5-3-6-16-39)46-32-27-43(28-33-46)40-17-7-4-8-18-40/h3-38H,1-2H3. The van der Waals surface area contributed by atoms with Gasteiger partial charge in [-0.15, -0.1) is 0 Å². The molecule has 0 radical (unpaired) electrons. The van der Waals surface area contributed by atoms with Crippen molar-refractivity contribution in [3.05, 3.63) is 230 Å². The van der Waals surface area contributed by atoms with Crippen molar-refractivity contribution >= 4 is 60.4 Å². The van der Waals surface area contributed by atoms with Crippen LogP contribution >= 0.6 is 0 Å². The highest BCUT2D eigenvalue weighted by Gasteiger charge is 2.36. The maximum atomic E-state index is 2.53. The summed E-state index contributed by atoms with van der Waals surface area (Å²) in [5, 5.41) is 7.43. The Kier molecular flexibility index (Phi) is 7.92. The molecule has 0 aliphatic heterocycles. The molecule has 2 nitrogen and oxygen atoms in total. The number of nitrogens with zero attached hydrogens (tertiary/aromatic N) is 2. The van der Waals surface area contributed by atoms with Crippen LogP contribution < -0.4 is 4.90 Å². The van der Waals surface area contributed by atoms with E-state index in [9.17, 15) is 0 Å². The topological polar surface area (TPSA) is 8.17 Å². The van der Waals surface area contributed by atoms with E-state index in [4.69, 9.17) is 0 Å². The first-order valence-electron chi connectivity index (χ1n) is 21.3. The molecule has 0 amide bonds. The molecule has 0 saturated heterocycles. The van der Waals surface area contributed by atoms with Crippen LogP contribution in [0.1, 0.15) is 25.0 Å². The van der Waals surface area contributed by atoms with Crippen molar-refractivity contribution in [3.63, 3.8) is 0 Å². The first-order chi connectivity index (χ1) is 30.0. The minimum Gasteiger partial charge on any atom is -0.310 e. The van der Waals surface area contributed by atoms with Gasteiger partial charge in [0.1, 0.15) is 0 Å². The smallest absolute Gasteiger partial charge is 0.0568 e. The average Bonchev–Trinajstić information content (AvgIpc) is 3.76. The number of hydrogen-bond donors (Lipinski definition) is 0. The van der Waals surface area contributed by atoms with Gasteiger partial charge in [-0.05, 0) is 115 Å². The SMILES string of the molecule is CC1(C)c2ccccc2-c2cc3c4c5ccccc5c(N(c5ccc(-c6ccccc6)cc5)c5ccc(-c6ccccc6)cc5)cc4n(-c4ccc5ccccc5c4)c3cc21. The monoisotopic (exact) mass is 778 g/mol. The second kappa shape index (κ2) is 13.7. The van der Waals surface area contributed by atoms with E-state index >= 15 is 0 Å². The van der Waals surface area contributed by atoms with Crippen LogP contribution in [0.2, 0.25) is 0 Å². The fourth-order valence-electron chi connectivity index (χ4n) is 10.1. The Morgan fingerprint density at radius 1 is 0.377 bits per heavy atom. The fourth-order valence-corrected chi connectivity index (χ4v) is 10.1. The van der Waals surface area contributed by atoms with Gasteiger partial charge in [0.15, 0.2) is 0 Å².